The summed E-state index contributed by atoms with van der Waals surface area (Å²) >= 11 is 0. The SMILES string of the molecule is Nc1ccccc1N(CC(=O)O)CC1CCCO1. The Morgan fingerprint density at radius 3 is 2.89 bits per heavy atom. The summed E-state index contributed by atoms with van der Waals surface area (Å²) in [6, 6.07) is 7.31. The van der Waals surface area contributed by atoms with Crippen molar-refractivity contribution in [2.45, 2.75) is 18.9 Å². The molecule has 1 fully saturated rings. The number of nitrogens with two attached hydrogens (primary N) is 1. The minimum Gasteiger partial charge on any atom is -0.480 e. The second-order valence-corrected chi connectivity index (χ2v) is 4.47. The lowest BCUT2D eigenvalue weighted by molar-refractivity contribution is -0.135. The Morgan fingerprint density at radius 1 is 1.50 bits per heavy atom. The zero-order valence-electron chi connectivity index (χ0n) is 10.2. The number of benzene rings is 1. The predicted octanol–water partition coefficient (Wildman–Crippen LogP) is 1.34. The Bertz CT molecular complexity index is 416. The Hall–Kier alpha value is -1.75. The van der Waals surface area contributed by atoms with E-state index in [0.717, 1.165) is 25.1 Å². The standard InChI is InChI=1S/C13H18N2O3/c14-11-5-1-2-6-12(11)15(9-13(16)17)8-10-4-3-7-18-10/h1-2,5-6,10H,3-4,7-9,14H2,(H,16,17). The first-order valence-corrected chi connectivity index (χ1v) is 6.09. The first-order chi connectivity index (χ1) is 8.66. The molecule has 18 heavy (non-hydrogen) atoms. The zero-order chi connectivity index (χ0) is 13.0. The summed E-state index contributed by atoms with van der Waals surface area (Å²) in [7, 11) is 0. The fraction of sp³-hybridized carbons (Fsp3) is 0.462. The van der Waals surface area contributed by atoms with Gasteiger partial charge in [0.1, 0.15) is 6.54 Å². The van der Waals surface area contributed by atoms with Crippen molar-refractivity contribution in [3.63, 3.8) is 0 Å². The lowest BCUT2D eigenvalue weighted by Gasteiger charge is -2.26. The summed E-state index contributed by atoms with van der Waals surface area (Å²) in [6.45, 7) is 1.27. The van der Waals surface area contributed by atoms with Crippen LogP contribution >= 0.6 is 0 Å². The van der Waals surface area contributed by atoms with Gasteiger partial charge in [0, 0.05) is 13.2 Å². The van der Waals surface area contributed by atoms with E-state index in [2.05, 4.69) is 0 Å². The Kier molecular flexibility index (Phi) is 4.04. The fourth-order valence-corrected chi connectivity index (χ4v) is 2.22. The van der Waals surface area contributed by atoms with E-state index in [4.69, 9.17) is 15.6 Å². The van der Waals surface area contributed by atoms with E-state index in [1.807, 2.05) is 18.2 Å². The maximum atomic E-state index is 10.9. The maximum absolute atomic E-state index is 10.9. The third kappa shape index (κ3) is 3.13. The third-order valence-corrected chi connectivity index (χ3v) is 3.05. The third-order valence-electron chi connectivity index (χ3n) is 3.05. The van der Waals surface area contributed by atoms with Crippen molar-refractivity contribution < 1.29 is 14.6 Å². The summed E-state index contributed by atoms with van der Waals surface area (Å²) in [4.78, 5) is 12.7. The van der Waals surface area contributed by atoms with Crippen LogP contribution in [0.4, 0.5) is 11.4 Å². The smallest absolute Gasteiger partial charge is 0.323 e. The average molecular weight is 250 g/mol. The van der Waals surface area contributed by atoms with E-state index in [-0.39, 0.29) is 12.6 Å². The van der Waals surface area contributed by atoms with Gasteiger partial charge in [0.2, 0.25) is 0 Å². The van der Waals surface area contributed by atoms with Crippen molar-refractivity contribution in [3.05, 3.63) is 24.3 Å². The highest BCUT2D eigenvalue weighted by Crippen LogP contribution is 2.24. The Labute approximate surface area is 106 Å². The molecule has 1 unspecified atom stereocenters. The molecule has 5 nitrogen and oxygen atoms in total. The summed E-state index contributed by atoms with van der Waals surface area (Å²) in [5, 5.41) is 8.99. The molecule has 1 aliphatic heterocycles. The van der Waals surface area contributed by atoms with Crippen molar-refractivity contribution in [2.24, 2.45) is 0 Å². The van der Waals surface area contributed by atoms with Crippen LogP contribution in [0.1, 0.15) is 12.8 Å². The molecule has 0 amide bonds. The van der Waals surface area contributed by atoms with Crippen LogP contribution in [0.5, 0.6) is 0 Å². The largest absolute Gasteiger partial charge is 0.480 e. The number of ether oxygens (including phenoxy) is 1. The number of anilines is 2. The molecule has 0 spiro atoms. The van der Waals surface area contributed by atoms with Gasteiger partial charge in [0.15, 0.2) is 0 Å². The van der Waals surface area contributed by atoms with E-state index < -0.39 is 5.97 Å². The Morgan fingerprint density at radius 2 is 2.28 bits per heavy atom. The molecule has 0 bridgehead atoms. The van der Waals surface area contributed by atoms with E-state index >= 15 is 0 Å². The molecule has 3 N–H and O–H groups in total. The number of hydrogen-bond acceptors (Lipinski definition) is 4. The van der Waals surface area contributed by atoms with E-state index in [1.165, 1.54) is 0 Å². The molecule has 1 aromatic rings. The summed E-state index contributed by atoms with van der Waals surface area (Å²) < 4.78 is 5.55. The molecular formula is C13H18N2O3. The topological polar surface area (TPSA) is 75.8 Å². The minimum atomic E-state index is -0.865. The van der Waals surface area contributed by atoms with Crippen LogP contribution in [0.25, 0.3) is 0 Å². The molecule has 1 aliphatic rings. The van der Waals surface area contributed by atoms with Gasteiger partial charge >= 0.3 is 5.97 Å². The quantitative estimate of drug-likeness (QED) is 0.771. The van der Waals surface area contributed by atoms with Gasteiger partial charge in [0.05, 0.1) is 17.5 Å². The number of carbonyl (C=O) groups is 1. The molecule has 1 saturated heterocycles. The molecule has 2 rings (SSSR count). The number of hydrogen-bond donors (Lipinski definition) is 2. The highest BCUT2D eigenvalue weighted by Gasteiger charge is 2.21. The number of nitrogens with zero attached hydrogens (tertiary/aromatic N) is 1. The molecule has 1 aromatic carbocycles. The van der Waals surface area contributed by atoms with Crippen molar-refractivity contribution in [2.75, 3.05) is 30.3 Å². The molecule has 1 heterocycles. The van der Waals surface area contributed by atoms with Gasteiger partial charge in [-0.3, -0.25) is 4.79 Å². The Balaban J connectivity index is 2.13. The maximum Gasteiger partial charge on any atom is 0.323 e. The molecular weight excluding hydrogens is 232 g/mol. The first-order valence-electron chi connectivity index (χ1n) is 6.09. The van der Waals surface area contributed by atoms with Gasteiger partial charge in [-0.1, -0.05) is 12.1 Å². The number of para-hydroxylation sites is 2. The zero-order valence-corrected chi connectivity index (χ0v) is 10.2. The summed E-state index contributed by atoms with van der Waals surface area (Å²) in [5.74, 6) is -0.865. The van der Waals surface area contributed by atoms with E-state index in [1.54, 1.807) is 11.0 Å². The monoisotopic (exact) mass is 250 g/mol. The number of rotatable bonds is 5. The highest BCUT2D eigenvalue weighted by molar-refractivity contribution is 5.77. The number of nitrogen functional groups attached to an aromatic ring is 1. The predicted molar refractivity (Wildman–Crippen MR) is 69.7 cm³/mol. The molecule has 98 valence electrons. The van der Waals surface area contributed by atoms with Gasteiger partial charge in [-0.05, 0) is 25.0 Å². The van der Waals surface area contributed by atoms with Crippen molar-refractivity contribution in [1.82, 2.24) is 0 Å². The molecule has 0 aromatic heterocycles. The molecule has 0 radical (unpaired) electrons. The van der Waals surface area contributed by atoms with E-state index in [0.29, 0.717) is 12.2 Å². The number of aliphatic carboxylic acids is 1. The molecule has 1 atom stereocenters. The van der Waals surface area contributed by atoms with Crippen molar-refractivity contribution >= 4 is 17.3 Å². The number of carboxylic acids is 1. The summed E-state index contributed by atoms with van der Waals surface area (Å²) in [6.07, 6.45) is 2.11. The minimum absolute atomic E-state index is 0.0614. The van der Waals surface area contributed by atoms with E-state index in [9.17, 15) is 4.79 Å². The van der Waals surface area contributed by atoms with Crippen LogP contribution in [0.2, 0.25) is 0 Å². The van der Waals surface area contributed by atoms with Gasteiger partial charge in [-0.2, -0.15) is 0 Å². The van der Waals surface area contributed by atoms with Crippen LogP contribution in [0.3, 0.4) is 0 Å². The van der Waals surface area contributed by atoms with Gasteiger partial charge < -0.3 is 20.5 Å². The highest BCUT2D eigenvalue weighted by atomic mass is 16.5. The second kappa shape index (κ2) is 5.73. The van der Waals surface area contributed by atoms with Gasteiger partial charge in [-0.25, -0.2) is 0 Å². The van der Waals surface area contributed by atoms with Crippen molar-refractivity contribution in [3.8, 4) is 0 Å². The van der Waals surface area contributed by atoms with Gasteiger partial charge in [0.25, 0.3) is 0 Å². The lowest BCUT2D eigenvalue weighted by atomic mass is 10.2. The van der Waals surface area contributed by atoms with Crippen LogP contribution in [-0.4, -0.2) is 36.9 Å². The van der Waals surface area contributed by atoms with Gasteiger partial charge in [-0.15, -0.1) is 0 Å². The van der Waals surface area contributed by atoms with Crippen LogP contribution < -0.4 is 10.6 Å². The summed E-state index contributed by atoms with van der Waals surface area (Å²) in [5.41, 5.74) is 7.25. The molecule has 0 saturated carbocycles. The van der Waals surface area contributed by atoms with Crippen LogP contribution in [-0.2, 0) is 9.53 Å². The fourth-order valence-electron chi connectivity index (χ4n) is 2.22. The lowest BCUT2D eigenvalue weighted by Crippen LogP contribution is -2.36. The second-order valence-electron chi connectivity index (χ2n) is 4.47. The molecule has 0 aliphatic carbocycles. The first kappa shape index (κ1) is 12.7. The van der Waals surface area contributed by atoms with Crippen LogP contribution in [0, 0.1) is 0 Å². The normalized spacial score (nSPS) is 18.8. The molecule has 5 heteroatoms. The van der Waals surface area contributed by atoms with Crippen LogP contribution in [0.15, 0.2) is 24.3 Å². The van der Waals surface area contributed by atoms with Crippen molar-refractivity contribution in [1.29, 1.82) is 0 Å². The average Bonchev–Trinajstić information content (AvgIpc) is 2.81. The number of carboxylic acid groups (broad SMARTS) is 1.